The number of aromatic nitrogens is 1. The highest BCUT2D eigenvalue weighted by Crippen LogP contribution is 2.45. The number of para-hydroxylation sites is 1. The summed E-state index contributed by atoms with van der Waals surface area (Å²) in [7, 11) is 0. The number of carboxylic acids is 1. The van der Waals surface area contributed by atoms with E-state index in [0.717, 1.165) is 30.3 Å². The Labute approximate surface area is 323 Å². The van der Waals surface area contributed by atoms with Crippen molar-refractivity contribution in [2.24, 2.45) is 5.92 Å². The smallest absolute Gasteiger partial charge is 0.425 e. The number of nitrogens with zero attached hydrogens (tertiary/aromatic N) is 3. The Bertz CT molecular complexity index is 1900. The van der Waals surface area contributed by atoms with Crippen LogP contribution in [0.3, 0.4) is 0 Å². The summed E-state index contributed by atoms with van der Waals surface area (Å²) in [5, 5.41) is 10.4. The summed E-state index contributed by atoms with van der Waals surface area (Å²) in [6.07, 6.45) is -5.20. The molecule has 0 spiro atoms. The number of carbonyl (C=O) groups excluding carboxylic acids is 2. The second kappa shape index (κ2) is 16.2. The Morgan fingerprint density at radius 3 is 2.48 bits per heavy atom. The molecule has 5 atom stereocenters. The maximum atomic E-state index is 15.0. The van der Waals surface area contributed by atoms with E-state index in [2.05, 4.69) is 4.98 Å². The van der Waals surface area contributed by atoms with Crippen molar-refractivity contribution in [3.05, 3.63) is 75.7 Å². The lowest BCUT2D eigenvalue weighted by atomic mass is 9.79. The van der Waals surface area contributed by atoms with Crippen molar-refractivity contribution < 1.29 is 60.0 Å². The standard InChI is InChI=1S/C39H43F6N3O7S/c1-3-7-31-37(55-26-20-32(56-22-26)39(43,44)45,13-6-16-48(31)34(51)27-21-46-15-12-28(27)38(40,41)42)35(52)47-17-14-36(2,53-23-47)29-8-4-5-9-30(29)54-25-11-10-24(18-25)19-33(49)50/h4-5,8-9,12,15,20-22,24-25,31H,3,6-7,10-11,13-14,16-19,23H2,1-2H3,(H,49,50). The fourth-order valence-electron chi connectivity index (χ4n) is 8.20. The number of benzene rings is 1. The number of halogens is 6. The van der Waals surface area contributed by atoms with Gasteiger partial charge in [0.05, 0.1) is 28.9 Å². The van der Waals surface area contributed by atoms with E-state index in [1.807, 2.05) is 25.1 Å². The Morgan fingerprint density at radius 1 is 1.05 bits per heavy atom. The average molecular weight is 812 g/mol. The Morgan fingerprint density at radius 2 is 1.82 bits per heavy atom. The number of carbonyl (C=O) groups is 3. The van der Waals surface area contributed by atoms with Crippen LogP contribution in [0.15, 0.2) is 54.2 Å². The quantitative estimate of drug-likeness (QED) is 0.192. The van der Waals surface area contributed by atoms with E-state index in [1.165, 1.54) is 9.80 Å². The van der Waals surface area contributed by atoms with E-state index >= 15 is 0 Å². The molecule has 304 valence electrons. The maximum Gasteiger partial charge on any atom is 0.425 e. The highest BCUT2D eigenvalue weighted by molar-refractivity contribution is 7.10. The van der Waals surface area contributed by atoms with Gasteiger partial charge in [-0.05, 0) is 63.5 Å². The number of likely N-dealkylation sites (tertiary alicyclic amines) is 1. The van der Waals surface area contributed by atoms with Gasteiger partial charge in [-0.2, -0.15) is 26.3 Å². The van der Waals surface area contributed by atoms with E-state index in [4.69, 9.17) is 14.2 Å². The first kappa shape index (κ1) is 41.3. The average Bonchev–Trinajstić information content (AvgIpc) is 3.81. The number of piperidine rings is 1. The second-order valence-electron chi connectivity index (χ2n) is 14.8. The van der Waals surface area contributed by atoms with Gasteiger partial charge < -0.3 is 29.1 Å². The molecule has 2 aliphatic heterocycles. The van der Waals surface area contributed by atoms with Crippen LogP contribution in [0.25, 0.3) is 0 Å². The third kappa shape index (κ3) is 8.62. The van der Waals surface area contributed by atoms with Crippen LogP contribution in [-0.4, -0.2) is 75.2 Å². The predicted molar refractivity (Wildman–Crippen MR) is 191 cm³/mol. The molecule has 10 nitrogen and oxygen atoms in total. The molecule has 5 unspecified atom stereocenters. The zero-order valence-corrected chi connectivity index (χ0v) is 31.6. The largest absolute Gasteiger partial charge is 0.490 e. The number of aliphatic carboxylic acids is 1. The number of alkyl halides is 6. The molecule has 1 saturated carbocycles. The number of hydrogen-bond acceptors (Lipinski definition) is 8. The summed E-state index contributed by atoms with van der Waals surface area (Å²) in [6, 6.07) is 7.60. The van der Waals surface area contributed by atoms with Crippen molar-refractivity contribution in [3.8, 4) is 11.5 Å². The molecule has 2 aromatic heterocycles. The Kier molecular flexibility index (Phi) is 12.0. The molecule has 3 aliphatic rings. The lowest BCUT2D eigenvalue weighted by molar-refractivity contribution is -0.184. The topological polar surface area (TPSA) is 119 Å². The van der Waals surface area contributed by atoms with Gasteiger partial charge in [0.15, 0.2) is 0 Å². The highest BCUT2D eigenvalue weighted by atomic mass is 32.1. The van der Waals surface area contributed by atoms with Crippen molar-refractivity contribution in [1.29, 1.82) is 0 Å². The summed E-state index contributed by atoms with van der Waals surface area (Å²) >= 11 is 0.375. The minimum absolute atomic E-state index is 0.00742. The number of ether oxygens (including phenoxy) is 3. The van der Waals surface area contributed by atoms with Crippen LogP contribution < -0.4 is 9.47 Å². The summed E-state index contributed by atoms with van der Waals surface area (Å²) < 4.78 is 103. The minimum Gasteiger partial charge on any atom is -0.490 e. The number of thiophene rings is 1. The molecule has 1 aliphatic carbocycles. The fourth-order valence-corrected chi connectivity index (χ4v) is 8.88. The molecule has 3 aromatic rings. The summed E-state index contributed by atoms with van der Waals surface area (Å²) in [5.74, 6) is -2.24. The zero-order valence-electron chi connectivity index (χ0n) is 30.8. The first-order valence-corrected chi connectivity index (χ1v) is 19.4. The van der Waals surface area contributed by atoms with E-state index in [0.29, 0.717) is 48.0 Å². The van der Waals surface area contributed by atoms with Gasteiger partial charge in [-0.25, -0.2) is 0 Å². The molecule has 0 bridgehead atoms. The number of carboxylic acid groups (broad SMARTS) is 1. The van der Waals surface area contributed by atoms with Crippen LogP contribution in [-0.2, 0) is 32.3 Å². The molecule has 3 fully saturated rings. The molecular weight excluding hydrogens is 768 g/mol. The van der Waals surface area contributed by atoms with Gasteiger partial charge in [0, 0.05) is 55.3 Å². The zero-order chi connectivity index (χ0) is 40.5. The Balaban J connectivity index is 1.30. The van der Waals surface area contributed by atoms with E-state index in [9.17, 15) is 45.8 Å². The summed E-state index contributed by atoms with van der Waals surface area (Å²) in [6.45, 7) is 3.40. The molecule has 4 heterocycles. The van der Waals surface area contributed by atoms with Gasteiger partial charge in [0.1, 0.15) is 23.1 Å². The number of rotatable bonds is 11. The van der Waals surface area contributed by atoms with Crippen molar-refractivity contribution in [1.82, 2.24) is 14.8 Å². The molecular formula is C39H43F6N3O7S. The van der Waals surface area contributed by atoms with Crippen molar-refractivity contribution >= 4 is 29.1 Å². The fraction of sp³-hybridized carbons (Fsp3) is 0.538. The molecule has 56 heavy (non-hydrogen) atoms. The molecule has 1 aromatic carbocycles. The SMILES string of the molecule is CCCC1N(C(=O)c2cnccc2C(F)(F)F)CCCC1(Oc1csc(C(F)(F)F)c1)C(=O)N1CCC(C)(c2ccccc2OC2CCC(CC(=O)O)C2)OC1. The second-order valence-corrected chi connectivity index (χ2v) is 15.7. The van der Waals surface area contributed by atoms with E-state index in [-0.39, 0.29) is 69.7 Å². The van der Waals surface area contributed by atoms with Crippen molar-refractivity contribution in [2.45, 2.75) is 107 Å². The monoisotopic (exact) mass is 811 g/mol. The lowest BCUT2D eigenvalue weighted by Gasteiger charge is -2.51. The Hall–Kier alpha value is -4.38. The van der Waals surface area contributed by atoms with Crippen LogP contribution in [0.1, 0.15) is 98.0 Å². The molecule has 2 saturated heterocycles. The predicted octanol–water partition coefficient (Wildman–Crippen LogP) is 8.55. The van der Waals surface area contributed by atoms with Crippen LogP contribution in [0.4, 0.5) is 26.3 Å². The highest BCUT2D eigenvalue weighted by Gasteiger charge is 2.56. The number of amides is 2. The first-order chi connectivity index (χ1) is 26.4. The van der Waals surface area contributed by atoms with E-state index < -0.39 is 63.4 Å². The van der Waals surface area contributed by atoms with Crippen LogP contribution in [0, 0.1) is 5.92 Å². The normalized spacial score (nSPS) is 25.9. The molecule has 2 amide bonds. The van der Waals surface area contributed by atoms with Gasteiger partial charge in [-0.3, -0.25) is 19.4 Å². The summed E-state index contributed by atoms with van der Waals surface area (Å²) in [5.41, 5.74) is -4.15. The number of pyridine rings is 1. The third-order valence-electron chi connectivity index (χ3n) is 11.0. The number of hydrogen-bond donors (Lipinski definition) is 1. The minimum atomic E-state index is -4.89. The van der Waals surface area contributed by atoms with Crippen LogP contribution in [0.5, 0.6) is 11.5 Å². The van der Waals surface area contributed by atoms with Gasteiger partial charge in [-0.15, -0.1) is 11.3 Å². The molecule has 0 radical (unpaired) electrons. The van der Waals surface area contributed by atoms with Gasteiger partial charge in [0.2, 0.25) is 5.60 Å². The van der Waals surface area contributed by atoms with Crippen molar-refractivity contribution in [3.63, 3.8) is 0 Å². The maximum absolute atomic E-state index is 15.0. The summed E-state index contributed by atoms with van der Waals surface area (Å²) in [4.78, 5) is 45.6. The molecule has 1 N–H and O–H groups in total. The third-order valence-corrected chi connectivity index (χ3v) is 11.9. The van der Waals surface area contributed by atoms with Crippen molar-refractivity contribution in [2.75, 3.05) is 19.8 Å². The first-order valence-electron chi connectivity index (χ1n) is 18.5. The van der Waals surface area contributed by atoms with Crippen LogP contribution >= 0.6 is 11.3 Å². The molecule has 17 heteroatoms. The van der Waals surface area contributed by atoms with Gasteiger partial charge in [-0.1, -0.05) is 31.5 Å². The molecule has 6 rings (SSSR count). The van der Waals surface area contributed by atoms with Crippen LogP contribution in [0.2, 0.25) is 0 Å². The van der Waals surface area contributed by atoms with Gasteiger partial charge in [0.25, 0.3) is 11.8 Å². The lowest BCUT2D eigenvalue weighted by Crippen LogP contribution is -2.68. The van der Waals surface area contributed by atoms with Gasteiger partial charge >= 0.3 is 18.3 Å². The van der Waals surface area contributed by atoms with E-state index in [1.54, 1.807) is 13.0 Å².